The second-order valence-electron chi connectivity index (χ2n) is 4.76. The minimum Gasteiger partial charge on any atom is -0.497 e. The highest BCUT2D eigenvalue weighted by Gasteiger charge is 2.05. The Morgan fingerprint density at radius 2 is 1.83 bits per heavy atom. The van der Waals surface area contributed by atoms with Crippen molar-refractivity contribution in [2.45, 2.75) is 6.92 Å². The van der Waals surface area contributed by atoms with E-state index in [-0.39, 0.29) is 0 Å². The Labute approximate surface area is 140 Å². The first kappa shape index (κ1) is 17.0. The molecule has 0 spiro atoms. The molecule has 2 aromatic carbocycles. The number of ether oxygens (including phenoxy) is 3. The highest BCUT2D eigenvalue weighted by Crippen LogP contribution is 2.24. The number of hydrogen-bond donors (Lipinski definition) is 1. The molecule has 0 saturated carbocycles. The molecular formula is C17H18ClNO4. The van der Waals surface area contributed by atoms with E-state index in [2.05, 4.69) is 5.16 Å². The van der Waals surface area contributed by atoms with Crippen LogP contribution in [0.3, 0.4) is 0 Å². The van der Waals surface area contributed by atoms with Gasteiger partial charge >= 0.3 is 0 Å². The summed E-state index contributed by atoms with van der Waals surface area (Å²) < 4.78 is 16.5. The van der Waals surface area contributed by atoms with Crippen molar-refractivity contribution in [1.29, 1.82) is 0 Å². The fraction of sp³-hybridized carbons (Fsp3) is 0.235. The molecule has 0 aliphatic rings. The highest BCUT2D eigenvalue weighted by atomic mass is 35.5. The molecule has 23 heavy (non-hydrogen) atoms. The predicted octanol–water partition coefficient (Wildman–Crippen LogP) is 3.92. The average molecular weight is 336 g/mol. The lowest BCUT2D eigenvalue weighted by Gasteiger charge is -2.12. The number of benzene rings is 2. The van der Waals surface area contributed by atoms with Crippen molar-refractivity contribution >= 4 is 17.8 Å². The number of oxime groups is 1. The van der Waals surface area contributed by atoms with Crippen molar-refractivity contribution < 1.29 is 19.4 Å². The fourth-order valence-corrected chi connectivity index (χ4v) is 2.07. The molecule has 5 nitrogen and oxygen atoms in total. The molecule has 2 aromatic rings. The Morgan fingerprint density at radius 3 is 2.52 bits per heavy atom. The van der Waals surface area contributed by atoms with Gasteiger partial charge in [0, 0.05) is 16.7 Å². The maximum Gasteiger partial charge on any atom is 0.132 e. The van der Waals surface area contributed by atoms with E-state index in [9.17, 15) is 0 Å². The topological polar surface area (TPSA) is 60.3 Å². The first-order valence-corrected chi connectivity index (χ1v) is 7.39. The molecule has 122 valence electrons. The second-order valence-corrected chi connectivity index (χ2v) is 5.16. The van der Waals surface area contributed by atoms with Gasteiger partial charge in [-0.3, -0.25) is 0 Å². The third-order valence-electron chi connectivity index (χ3n) is 3.16. The van der Waals surface area contributed by atoms with Crippen molar-refractivity contribution in [3.05, 3.63) is 52.5 Å². The normalized spacial score (nSPS) is 10.7. The van der Waals surface area contributed by atoms with E-state index in [0.717, 1.165) is 11.3 Å². The lowest BCUT2D eigenvalue weighted by molar-refractivity contribution is 0.216. The number of nitrogens with zero attached hydrogens (tertiary/aromatic N) is 1. The molecule has 2 rings (SSSR count). The van der Waals surface area contributed by atoms with Gasteiger partial charge in [0.2, 0.25) is 0 Å². The quantitative estimate of drug-likeness (QED) is 0.360. The van der Waals surface area contributed by atoms with Gasteiger partial charge in [0.05, 0.1) is 13.3 Å². The van der Waals surface area contributed by atoms with Crippen molar-refractivity contribution in [2.24, 2.45) is 5.16 Å². The summed E-state index contributed by atoms with van der Waals surface area (Å²) in [6, 6.07) is 10.7. The van der Waals surface area contributed by atoms with Crippen molar-refractivity contribution in [3.63, 3.8) is 0 Å². The molecule has 6 heteroatoms. The first-order valence-electron chi connectivity index (χ1n) is 7.01. The maximum absolute atomic E-state index is 8.69. The Balaban J connectivity index is 1.93. The molecular weight excluding hydrogens is 318 g/mol. The second kappa shape index (κ2) is 8.29. The SMILES string of the molecule is COc1ccc(/C=N/O)c(OCCOc2ccc(Cl)c(C)c2)c1. The van der Waals surface area contributed by atoms with Gasteiger partial charge in [-0.2, -0.15) is 0 Å². The van der Waals surface area contributed by atoms with Crippen LogP contribution < -0.4 is 14.2 Å². The molecule has 0 aliphatic heterocycles. The van der Waals surface area contributed by atoms with Gasteiger partial charge in [0.1, 0.15) is 30.5 Å². The predicted molar refractivity (Wildman–Crippen MR) is 89.6 cm³/mol. The Hall–Kier alpha value is -2.40. The van der Waals surface area contributed by atoms with Gasteiger partial charge in [0.25, 0.3) is 0 Å². The number of halogens is 1. The molecule has 0 saturated heterocycles. The van der Waals surface area contributed by atoms with Crippen LogP contribution in [0.2, 0.25) is 5.02 Å². The Kier molecular flexibility index (Phi) is 6.11. The molecule has 0 atom stereocenters. The molecule has 1 N–H and O–H groups in total. The summed E-state index contributed by atoms with van der Waals surface area (Å²) in [5.41, 5.74) is 1.61. The van der Waals surface area contributed by atoms with Crippen LogP contribution >= 0.6 is 11.6 Å². The zero-order chi connectivity index (χ0) is 16.7. The van der Waals surface area contributed by atoms with Crippen LogP contribution in [0.5, 0.6) is 17.2 Å². The summed E-state index contributed by atoms with van der Waals surface area (Å²) in [7, 11) is 1.57. The van der Waals surface area contributed by atoms with Gasteiger partial charge in [-0.15, -0.1) is 0 Å². The maximum atomic E-state index is 8.69. The summed E-state index contributed by atoms with van der Waals surface area (Å²) in [6.45, 7) is 2.62. The van der Waals surface area contributed by atoms with Crippen LogP contribution in [-0.2, 0) is 0 Å². The van der Waals surface area contributed by atoms with E-state index < -0.39 is 0 Å². The third kappa shape index (κ3) is 4.79. The van der Waals surface area contributed by atoms with Gasteiger partial charge in [-0.25, -0.2) is 0 Å². The lowest BCUT2D eigenvalue weighted by atomic mass is 10.2. The molecule has 0 radical (unpaired) electrons. The van der Waals surface area contributed by atoms with Gasteiger partial charge in [0.15, 0.2) is 0 Å². The molecule has 0 aliphatic carbocycles. The number of rotatable bonds is 7. The van der Waals surface area contributed by atoms with E-state index in [1.165, 1.54) is 6.21 Å². The summed E-state index contributed by atoms with van der Waals surface area (Å²) >= 11 is 5.97. The molecule has 0 amide bonds. The Morgan fingerprint density at radius 1 is 1.09 bits per heavy atom. The lowest BCUT2D eigenvalue weighted by Crippen LogP contribution is -2.10. The highest BCUT2D eigenvalue weighted by molar-refractivity contribution is 6.31. The summed E-state index contributed by atoms with van der Waals surface area (Å²) in [5.74, 6) is 1.95. The van der Waals surface area contributed by atoms with Crippen LogP contribution in [0.25, 0.3) is 0 Å². The van der Waals surface area contributed by atoms with Crippen molar-refractivity contribution in [1.82, 2.24) is 0 Å². The molecule has 0 fully saturated rings. The largest absolute Gasteiger partial charge is 0.497 e. The third-order valence-corrected chi connectivity index (χ3v) is 3.58. The van der Waals surface area contributed by atoms with E-state index in [1.54, 1.807) is 31.4 Å². The molecule has 0 bridgehead atoms. The monoisotopic (exact) mass is 335 g/mol. The minimum absolute atomic E-state index is 0.334. The van der Waals surface area contributed by atoms with Crippen LogP contribution in [0, 0.1) is 6.92 Å². The number of aryl methyl sites for hydroxylation is 1. The van der Waals surface area contributed by atoms with E-state index in [1.807, 2.05) is 19.1 Å². The van der Waals surface area contributed by atoms with Crippen molar-refractivity contribution in [2.75, 3.05) is 20.3 Å². The van der Waals surface area contributed by atoms with Gasteiger partial charge in [-0.05, 0) is 42.8 Å². The minimum atomic E-state index is 0.334. The number of hydrogen-bond acceptors (Lipinski definition) is 5. The van der Waals surface area contributed by atoms with Gasteiger partial charge < -0.3 is 19.4 Å². The smallest absolute Gasteiger partial charge is 0.132 e. The molecule has 0 aromatic heterocycles. The summed E-state index contributed by atoms with van der Waals surface area (Å²) in [5, 5.41) is 12.4. The van der Waals surface area contributed by atoms with Gasteiger partial charge in [-0.1, -0.05) is 16.8 Å². The van der Waals surface area contributed by atoms with E-state index in [0.29, 0.717) is 35.3 Å². The summed E-state index contributed by atoms with van der Waals surface area (Å²) in [4.78, 5) is 0. The standard InChI is InChI=1S/C17H18ClNO4/c1-12-9-15(5-6-16(12)18)22-7-8-23-17-10-14(21-2)4-3-13(17)11-19-20/h3-6,9-11,20H,7-8H2,1-2H3/b19-11+. The van der Waals surface area contributed by atoms with E-state index in [4.69, 9.17) is 31.0 Å². The van der Waals surface area contributed by atoms with Crippen LogP contribution in [-0.4, -0.2) is 31.7 Å². The van der Waals surface area contributed by atoms with E-state index >= 15 is 0 Å². The van der Waals surface area contributed by atoms with Crippen molar-refractivity contribution in [3.8, 4) is 17.2 Å². The Bertz CT molecular complexity index is 688. The zero-order valence-corrected chi connectivity index (χ0v) is 13.7. The number of methoxy groups -OCH3 is 1. The van der Waals surface area contributed by atoms with Crippen LogP contribution in [0.1, 0.15) is 11.1 Å². The molecule has 0 unspecified atom stereocenters. The average Bonchev–Trinajstić information content (AvgIpc) is 2.56. The van der Waals surface area contributed by atoms with Crippen LogP contribution in [0.4, 0.5) is 0 Å². The van der Waals surface area contributed by atoms with Crippen LogP contribution in [0.15, 0.2) is 41.6 Å². The zero-order valence-electron chi connectivity index (χ0n) is 13.0. The fourth-order valence-electron chi connectivity index (χ4n) is 1.95. The first-order chi connectivity index (χ1) is 11.1. The summed E-state index contributed by atoms with van der Waals surface area (Å²) in [6.07, 6.45) is 1.30. The molecule has 0 heterocycles.